The summed E-state index contributed by atoms with van der Waals surface area (Å²) in [5.74, 6) is -0.544. The first-order valence-electron chi connectivity index (χ1n) is 9.55. The molecule has 1 heterocycles. The summed E-state index contributed by atoms with van der Waals surface area (Å²) >= 11 is 0. The van der Waals surface area contributed by atoms with Crippen molar-refractivity contribution in [1.82, 2.24) is 4.98 Å². The second-order valence-corrected chi connectivity index (χ2v) is 6.71. The summed E-state index contributed by atoms with van der Waals surface area (Å²) in [7, 11) is 0. The molecule has 0 atom stereocenters. The number of anilines is 3. The number of alkyl halides is 3. The number of hydrogen-bond donors (Lipinski definition) is 4. The van der Waals surface area contributed by atoms with Crippen LogP contribution in [0.25, 0.3) is 0 Å². The highest BCUT2D eigenvalue weighted by Gasteiger charge is 2.30. The second kappa shape index (κ2) is 9.38. The highest BCUT2D eigenvalue weighted by molar-refractivity contribution is 6.08. The summed E-state index contributed by atoms with van der Waals surface area (Å²) in [6, 6.07) is 12.8. The minimum Gasteiger partial charge on any atom is -0.381 e. The molecule has 0 spiro atoms. The molecule has 162 valence electrons. The molecule has 31 heavy (non-hydrogen) atoms. The third-order valence-corrected chi connectivity index (χ3v) is 4.43. The first-order valence-corrected chi connectivity index (χ1v) is 9.55. The molecule has 1 amide bonds. The number of para-hydroxylation sites is 1. The van der Waals surface area contributed by atoms with Crippen LogP contribution in [0.1, 0.15) is 28.4 Å². The molecule has 3 aromatic rings. The Morgan fingerprint density at radius 2 is 1.77 bits per heavy atom. The van der Waals surface area contributed by atoms with Crippen molar-refractivity contribution in [3.05, 3.63) is 87.8 Å². The van der Waals surface area contributed by atoms with Crippen molar-refractivity contribution in [3.63, 3.8) is 0 Å². The number of pyridine rings is 1. The van der Waals surface area contributed by atoms with E-state index in [0.717, 1.165) is 17.7 Å². The lowest BCUT2D eigenvalue weighted by Crippen LogP contribution is -2.17. The molecule has 6 nitrogen and oxygen atoms in total. The van der Waals surface area contributed by atoms with E-state index in [1.54, 1.807) is 36.5 Å². The van der Waals surface area contributed by atoms with Crippen molar-refractivity contribution in [1.29, 1.82) is 0 Å². The summed E-state index contributed by atoms with van der Waals surface area (Å²) < 4.78 is 38.7. The fourth-order valence-corrected chi connectivity index (χ4v) is 2.96. The lowest BCUT2D eigenvalue weighted by Gasteiger charge is -2.14. The van der Waals surface area contributed by atoms with E-state index in [1.165, 1.54) is 12.1 Å². The van der Waals surface area contributed by atoms with Crippen LogP contribution in [0.3, 0.4) is 0 Å². The molecule has 0 aliphatic rings. The van der Waals surface area contributed by atoms with E-state index in [2.05, 4.69) is 20.9 Å². The van der Waals surface area contributed by atoms with Crippen LogP contribution in [0.5, 0.6) is 0 Å². The summed E-state index contributed by atoms with van der Waals surface area (Å²) in [5.41, 5.74) is 0.976. The van der Waals surface area contributed by atoms with Gasteiger partial charge in [0.2, 0.25) is 0 Å². The van der Waals surface area contributed by atoms with Crippen molar-refractivity contribution in [2.75, 3.05) is 22.5 Å². The maximum atomic E-state index is 12.9. The van der Waals surface area contributed by atoms with Crippen molar-refractivity contribution in [3.8, 4) is 0 Å². The molecule has 3 rings (SSSR count). The Labute approximate surface area is 176 Å². The number of carbonyl (C=O) groups is 1. The summed E-state index contributed by atoms with van der Waals surface area (Å²) in [5, 5.41) is 8.61. The normalized spacial score (nSPS) is 11.1. The molecular formula is C22H21F3N4O2. The fraction of sp³-hybridized carbons (Fsp3) is 0.182. The molecule has 0 radical (unpaired) electrons. The molecule has 2 aromatic carbocycles. The average molecular weight is 430 g/mol. The Balaban J connectivity index is 1.75. The average Bonchev–Trinajstić information content (AvgIpc) is 2.74. The molecular weight excluding hydrogens is 409 g/mol. The van der Waals surface area contributed by atoms with Crippen LogP contribution < -0.4 is 21.5 Å². The fourth-order valence-electron chi connectivity index (χ4n) is 2.96. The number of aromatic nitrogens is 1. The number of carbonyl (C=O) groups excluding carboxylic acids is 1. The minimum atomic E-state index is -4.50. The lowest BCUT2D eigenvalue weighted by molar-refractivity contribution is -0.137. The van der Waals surface area contributed by atoms with Gasteiger partial charge in [0.05, 0.1) is 11.1 Å². The highest BCUT2D eigenvalue weighted by atomic mass is 19.4. The highest BCUT2D eigenvalue weighted by Crippen LogP contribution is 2.31. The molecule has 9 heteroatoms. The van der Waals surface area contributed by atoms with Gasteiger partial charge in [-0.1, -0.05) is 18.2 Å². The molecule has 0 aliphatic heterocycles. The molecule has 4 N–H and O–H groups in total. The largest absolute Gasteiger partial charge is 0.416 e. The number of benzene rings is 2. The summed E-state index contributed by atoms with van der Waals surface area (Å²) in [6.45, 7) is 2.80. The van der Waals surface area contributed by atoms with Crippen LogP contribution in [0.15, 0.2) is 65.6 Å². The van der Waals surface area contributed by atoms with Gasteiger partial charge in [0.1, 0.15) is 5.69 Å². The van der Waals surface area contributed by atoms with Crippen molar-refractivity contribution in [2.45, 2.75) is 19.6 Å². The number of amides is 1. The zero-order valence-electron chi connectivity index (χ0n) is 16.6. The molecule has 0 aliphatic carbocycles. The van der Waals surface area contributed by atoms with E-state index in [4.69, 9.17) is 0 Å². The standard InChI is InChI=1S/C22H21F3N4O2/c1-2-26-19-10-14(13-28-21(19)31)12-27-18-9-4-3-8-17(18)20(30)29-16-7-5-6-15(11-16)22(23,24)25/h3-11,13,26-27H,2,12H2,1H3,(H,28,31)(H,29,30). The minimum absolute atomic E-state index is 0.0468. The smallest absolute Gasteiger partial charge is 0.381 e. The number of nitrogens with one attached hydrogen (secondary N) is 4. The van der Waals surface area contributed by atoms with Crippen LogP contribution in [0.4, 0.5) is 30.2 Å². The third kappa shape index (κ3) is 5.65. The van der Waals surface area contributed by atoms with Crippen LogP contribution in [0.2, 0.25) is 0 Å². The Kier molecular flexibility index (Phi) is 6.64. The quantitative estimate of drug-likeness (QED) is 0.438. The van der Waals surface area contributed by atoms with Crippen molar-refractivity contribution in [2.24, 2.45) is 0 Å². The van der Waals surface area contributed by atoms with E-state index >= 15 is 0 Å². The van der Waals surface area contributed by atoms with Crippen molar-refractivity contribution < 1.29 is 18.0 Å². The second-order valence-electron chi connectivity index (χ2n) is 6.71. The third-order valence-electron chi connectivity index (χ3n) is 4.43. The topological polar surface area (TPSA) is 86.0 Å². The molecule has 1 aromatic heterocycles. The van der Waals surface area contributed by atoms with Crippen LogP contribution in [0, 0.1) is 0 Å². The van der Waals surface area contributed by atoms with Gasteiger partial charge in [-0.05, 0) is 48.9 Å². The van der Waals surface area contributed by atoms with Crippen LogP contribution in [-0.2, 0) is 12.7 Å². The van der Waals surface area contributed by atoms with Gasteiger partial charge in [-0.2, -0.15) is 13.2 Å². The van der Waals surface area contributed by atoms with Gasteiger partial charge in [-0.25, -0.2) is 0 Å². The number of halogens is 3. The zero-order chi connectivity index (χ0) is 22.4. The first kappa shape index (κ1) is 21.9. The van der Waals surface area contributed by atoms with Gasteiger partial charge in [0.25, 0.3) is 11.5 Å². The van der Waals surface area contributed by atoms with E-state index < -0.39 is 17.6 Å². The van der Waals surface area contributed by atoms with E-state index in [9.17, 15) is 22.8 Å². The number of aromatic amines is 1. The van der Waals surface area contributed by atoms with Crippen LogP contribution in [-0.4, -0.2) is 17.4 Å². The van der Waals surface area contributed by atoms with Crippen molar-refractivity contribution >= 4 is 23.0 Å². The first-order chi connectivity index (χ1) is 14.8. The van der Waals surface area contributed by atoms with E-state index in [-0.39, 0.29) is 16.8 Å². The molecule has 0 saturated carbocycles. The Bertz CT molecular complexity index is 1130. The zero-order valence-corrected chi connectivity index (χ0v) is 16.6. The molecule has 0 unspecified atom stereocenters. The van der Waals surface area contributed by atoms with Gasteiger partial charge in [-0.3, -0.25) is 9.59 Å². The predicted octanol–water partition coefficient (Wildman–Crippen LogP) is 4.69. The SMILES string of the molecule is CCNc1cc(CNc2ccccc2C(=O)Nc2cccc(C(F)(F)F)c2)c[nH]c1=O. The molecule has 0 saturated heterocycles. The van der Waals surface area contributed by atoms with E-state index in [1.807, 2.05) is 6.92 Å². The van der Waals surface area contributed by atoms with E-state index in [0.29, 0.717) is 24.5 Å². The van der Waals surface area contributed by atoms with Gasteiger partial charge in [0.15, 0.2) is 0 Å². The van der Waals surface area contributed by atoms with Gasteiger partial charge in [0, 0.05) is 30.7 Å². The molecule has 0 fully saturated rings. The summed E-state index contributed by atoms with van der Waals surface area (Å²) in [6.07, 6.45) is -2.93. The summed E-state index contributed by atoms with van der Waals surface area (Å²) in [4.78, 5) is 27.1. The van der Waals surface area contributed by atoms with Gasteiger partial charge >= 0.3 is 6.18 Å². The van der Waals surface area contributed by atoms with Crippen LogP contribution >= 0.6 is 0 Å². The molecule has 0 bridgehead atoms. The number of hydrogen-bond acceptors (Lipinski definition) is 4. The monoisotopic (exact) mass is 430 g/mol. The number of rotatable bonds is 7. The Hall–Kier alpha value is -3.75. The number of H-pyrrole nitrogens is 1. The van der Waals surface area contributed by atoms with Gasteiger partial charge in [-0.15, -0.1) is 0 Å². The lowest BCUT2D eigenvalue weighted by atomic mass is 10.1. The maximum Gasteiger partial charge on any atom is 0.416 e. The Morgan fingerprint density at radius 3 is 2.52 bits per heavy atom. The Morgan fingerprint density at radius 1 is 1.00 bits per heavy atom. The predicted molar refractivity (Wildman–Crippen MR) is 114 cm³/mol. The maximum absolute atomic E-state index is 12.9. The van der Waals surface area contributed by atoms with Gasteiger partial charge < -0.3 is 20.9 Å².